The first-order valence-corrected chi connectivity index (χ1v) is 7.30. The van der Waals surface area contributed by atoms with E-state index in [1.54, 1.807) is 11.3 Å². The van der Waals surface area contributed by atoms with E-state index in [2.05, 4.69) is 9.88 Å². The summed E-state index contributed by atoms with van der Waals surface area (Å²) in [7, 11) is 0. The molecule has 1 amide bonds. The number of carbonyl (C=O) groups excluding carboxylic acids is 1. The third-order valence-electron chi connectivity index (χ3n) is 3.39. The maximum absolute atomic E-state index is 12.2. The van der Waals surface area contributed by atoms with Gasteiger partial charge in [0.2, 0.25) is 0 Å². The molecular formula is C12H17N3O2S. The summed E-state index contributed by atoms with van der Waals surface area (Å²) in [5, 5.41) is 2.87. The van der Waals surface area contributed by atoms with E-state index < -0.39 is 0 Å². The molecule has 6 heteroatoms. The summed E-state index contributed by atoms with van der Waals surface area (Å²) in [6.07, 6.45) is 2.46. The van der Waals surface area contributed by atoms with Gasteiger partial charge in [0.25, 0.3) is 5.91 Å². The number of rotatable bonds is 2. The van der Waals surface area contributed by atoms with Crippen molar-refractivity contribution in [1.82, 2.24) is 9.88 Å². The number of ether oxygens (including phenoxy) is 1. The number of hydrogen-bond acceptors (Lipinski definition) is 5. The van der Waals surface area contributed by atoms with Crippen LogP contribution in [0.3, 0.4) is 0 Å². The summed E-state index contributed by atoms with van der Waals surface area (Å²) in [4.78, 5) is 20.8. The van der Waals surface area contributed by atoms with E-state index in [4.69, 9.17) is 4.74 Å². The molecule has 3 rings (SSSR count). The Labute approximate surface area is 110 Å². The molecule has 1 aromatic heterocycles. The highest BCUT2D eigenvalue weighted by Crippen LogP contribution is 2.25. The first-order chi connectivity index (χ1) is 8.84. The van der Waals surface area contributed by atoms with E-state index in [1.807, 2.05) is 10.3 Å². The molecule has 2 aliphatic heterocycles. The molecule has 0 unspecified atom stereocenters. The Morgan fingerprint density at radius 1 is 1.22 bits per heavy atom. The summed E-state index contributed by atoms with van der Waals surface area (Å²) in [5.74, 6) is 0.0417. The number of hydrogen-bond donors (Lipinski definition) is 0. The maximum Gasteiger partial charge on any atom is 0.273 e. The molecule has 2 aliphatic rings. The van der Waals surface area contributed by atoms with Gasteiger partial charge in [-0.1, -0.05) is 0 Å². The van der Waals surface area contributed by atoms with Gasteiger partial charge in [0, 0.05) is 31.6 Å². The molecule has 0 aromatic carbocycles. The lowest BCUT2D eigenvalue weighted by Crippen LogP contribution is -2.40. The Hall–Kier alpha value is -1.14. The minimum Gasteiger partial charge on any atom is -0.378 e. The number of thiazole rings is 1. The average Bonchev–Trinajstić information content (AvgIpc) is 3.09. The van der Waals surface area contributed by atoms with Crippen molar-refractivity contribution in [3.63, 3.8) is 0 Å². The minimum absolute atomic E-state index is 0.0417. The molecule has 2 fully saturated rings. The Bertz CT molecular complexity index is 423. The summed E-state index contributed by atoms with van der Waals surface area (Å²) < 4.78 is 5.25. The van der Waals surface area contributed by atoms with Crippen molar-refractivity contribution in [2.24, 2.45) is 0 Å². The number of aromatic nitrogens is 1. The molecule has 98 valence electrons. The monoisotopic (exact) mass is 267 g/mol. The van der Waals surface area contributed by atoms with Gasteiger partial charge in [-0.15, -0.1) is 11.3 Å². The summed E-state index contributed by atoms with van der Waals surface area (Å²) in [6.45, 7) is 4.76. The molecule has 0 saturated carbocycles. The SMILES string of the molecule is O=C(c1csc(N2CCCC2)n1)N1CCOCC1. The lowest BCUT2D eigenvalue weighted by Gasteiger charge is -2.26. The van der Waals surface area contributed by atoms with Crippen LogP contribution in [0.1, 0.15) is 23.3 Å². The first kappa shape index (κ1) is 11.9. The van der Waals surface area contributed by atoms with E-state index in [-0.39, 0.29) is 5.91 Å². The van der Waals surface area contributed by atoms with Crippen LogP contribution < -0.4 is 4.90 Å². The van der Waals surface area contributed by atoms with Crippen LogP contribution in [0.25, 0.3) is 0 Å². The van der Waals surface area contributed by atoms with Crippen molar-refractivity contribution in [2.45, 2.75) is 12.8 Å². The number of amides is 1. The van der Waals surface area contributed by atoms with Crippen molar-refractivity contribution < 1.29 is 9.53 Å². The van der Waals surface area contributed by atoms with Crippen LogP contribution in [0, 0.1) is 0 Å². The second kappa shape index (κ2) is 5.24. The number of carbonyl (C=O) groups is 1. The predicted octanol–water partition coefficient (Wildman–Crippen LogP) is 1.22. The Morgan fingerprint density at radius 3 is 2.67 bits per heavy atom. The normalized spacial score (nSPS) is 20.4. The molecule has 0 aliphatic carbocycles. The van der Waals surface area contributed by atoms with E-state index in [0.717, 1.165) is 18.2 Å². The largest absolute Gasteiger partial charge is 0.378 e. The first-order valence-electron chi connectivity index (χ1n) is 6.42. The van der Waals surface area contributed by atoms with Gasteiger partial charge in [0.1, 0.15) is 5.69 Å². The molecule has 0 atom stereocenters. The zero-order chi connectivity index (χ0) is 12.4. The van der Waals surface area contributed by atoms with Gasteiger partial charge < -0.3 is 14.5 Å². The molecule has 0 bridgehead atoms. The summed E-state index contributed by atoms with van der Waals surface area (Å²) in [5.41, 5.74) is 0.587. The Balaban J connectivity index is 1.69. The molecule has 0 N–H and O–H groups in total. The van der Waals surface area contributed by atoms with Gasteiger partial charge in [-0.3, -0.25) is 4.79 Å². The van der Waals surface area contributed by atoms with Crippen molar-refractivity contribution in [1.29, 1.82) is 0 Å². The molecule has 18 heavy (non-hydrogen) atoms. The van der Waals surface area contributed by atoms with E-state index >= 15 is 0 Å². The Morgan fingerprint density at radius 2 is 1.94 bits per heavy atom. The van der Waals surface area contributed by atoms with Crippen molar-refractivity contribution in [3.05, 3.63) is 11.1 Å². The van der Waals surface area contributed by atoms with Crippen molar-refractivity contribution in [3.8, 4) is 0 Å². The zero-order valence-corrected chi connectivity index (χ0v) is 11.1. The van der Waals surface area contributed by atoms with Crippen LogP contribution in [0.15, 0.2) is 5.38 Å². The lowest BCUT2D eigenvalue weighted by atomic mass is 10.3. The average molecular weight is 267 g/mol. The predicted molar refractivity (Wildman–Crippen MR) is 70.3 cm³/mol. The van der Waals surface area contributed by atoms with Crippen LogP contribution >= 0.6 is 11.3 Å². The topological polar surface area (TPSA) is 45.7 Å². The highest BCUT2D eigenvalue weighted by molar-refractivity contribution is 7.13. The van der Waals surface area contributed by atoms with E-state index in [1.165, 1.54) is 12.8 Å². The van der Waals surface area contributed by atoms with Crippen LogP contribution in [-0.4, -0.2) is 55.2 Å². The summed E-state index contributed by atoms with van der Waals surface area (Å²) >= 11 is 1.58. The molecule has 5 nitrogen and oxygen atoms in total. The molecule has 2 saturated heterocycles. The standard InChI is InChI=1S/C12H17N3O2S/c16-11(14-5-7-17-8-6-14)10-9-18-12(13-10)15-3-1-2-4-15/h9H,1-8H2. The molecule has 0 spiro atoms. The minimum atomic E-state index is 0.0417. The summed E-state index contributed by atoms with van der Waals surface area (Å²) in [6, 6.07) is 0. The number of anilines is 1. The molecule has 1 aromatic rings. The highest BCUT2D eigenvalue weighted by Gasteiger charge is 2.22. The van der Waals surface area contributed by atoms with Crippen molar-refractivity contribution >= 4 is 22.4 Å². The van der Waals surface area contributed by atoms with Gasteiger partial charge in [0.15, 0.2) is 5.13 Å². The molecule has 3 heterocycles. The van der Waals surface area contributed by atoms with Crippen LogP contribution in [-0.2, 0) is 4.74 Å². The number of morpholine rings is 1. The fourth-order valence-corrected chi connectivity index (χ4v) is 3.20. The van der Waals surface area contributed by atoms with Gasteiger partial charge in [-0.25, -0.2) is 4.98 Å². The quantitative estimate of drug-likeness (QED) is 0.808. The Kier molecular flexibility index (Phi) is 3.47. The van der Waals surface area contributed by atoms with Gasteiger partial charge in [0.05, 0.1) is 13.2 Å². The third-order valence-corrected chi connectivity index (χ3v) is 4.29. The second-order valence-electron chi connectivity index (χ2n) is 4.61. The molecule has 0 radical (unpaired) electrons. The third kappa shape index (κ3) is 2.35. The fourth-order valence-electron chi connectivity index (χ4n) is 2.34. The van der Waals surface area contributed by atoms with Crippen LogP contribution in [0.5, 0.6) is 0 Å². The van der Waals surface area contributed by atoms with Gasteiger partial charge >= 0.3 is 0 Å². The van der Waals surface area contributed by atoms with Gasteiger partial charge in [-0.05, 0) is 12.8 Å². The smallest absolute Gasteiger partial charge is 0.273 e. The van der Waals surface area contributed by atoms with Gasteiger partial charge in [-0.2, -0.15) is 0 Å². The highest BCUT2D eigenvalue weighted by atomic mass is 32.1. The van der Waals surface area contributed by atoms with E-state index in [0.29, 0.717) is 32.0 Å². The number of nitrogens with zero attached hydrogens (tertiary/aromatic N) is 3. The maximum atomic E-state index is 12.2. The van der Waals surface area contributed by atoms with Crippen molar-refractivity contribution in [2.75, 3.05) is 44.3 Å². The zero-order valence-electron chi connectivity index (χ0n) is 10.3. The van der Waals surface area contributed by atoms with Crippen LogP contribution in [0.2, 0.25) is 0 Å². The van der Waals surface area contributed by atoms with E-state index in [9.17, 15) is 4.79 Å². The van der Waals surface area contributed by atoms with Crippen LogP contribution in [0.4, 0.5) is 5.13 Å². The molecular weight excluding hydrogens is 250 g/mol. The fraction of sp³-hybridized carbons (Fsp3) is 0.667. The second-order valence-corrected chi connectivity index (χ2v) is 5.45. The lowest BCUT2D eigenvalue weighted by molar-refractivity contribution is 0.0299.